The summed E-state index contributed by atoms with van der Waals surface area (Å²) in [6.45, 7) is 1.71. The average molecular weight is 585 g/mol. The van der Waals surface area contributed by atoms with Crippen LogP contribution in [0.25, 0.3) is 0 Å². The van der Waals surface area contributed by atoms with E-state index in [1.54, 1.807) is 30.3 Å². The van der Waals surface area contributed by atoms with E-state index in [9.17, 15) is 29.3 Å². The molecule has 0 fully saturated rings. The first kappa shape index (κ1) is 31.5. The molecule has 1 heterocycles. The summed E-state index contributed by atoms with van der Waals surface area (Å²) in [4.78, 5) is 28.7. The molecule has 0 bridgehead atoms. The first-order chi connectivity index (χ1) is 20.3. The molecule has 4 atom stereocenters. The van der Waals surface area contributed by atoms with E-state index in [0.717, 1.165) is 25.7 Å². The number of carbonyl (C=O) groups is 2. The Bertz CT molecular complexity index is 1270. The van der Waals surface area contributed by atoms with Crippen LogP contribution in [0.15, 0.2) is 48.0 Å². The maximum atomic E-state index is 13.7. The number of fused-ring (bicyclic) bond motifs is 3. The van der Waals surface area contributed by atoms with Crippen LogP contribution in [-0.4, -0.2) is 70.5 Å². The van der Waals surface area contributed by atoms with Crippen molar-refractivity contribution in [2.24, 2.45) is 0 Å². The van der Waals surface area contributed by atoms with Gasteiger partial charge in [0.15, 0.2) is 11.5 Å². The van der Waals surface area contributed by atoms with Crippen LogP contribution in [0.3, 0.4) is 0 Å². The zero-order valence-corrected chi connectivity index (χ0v) is 24.2. The van der Waals surface area contributed by atoms with Gasteiger partial charge >= 0.3 is 0 Å². The number of ether oxygens (including phenoxy) is 2. The second-order valence-electron chi connectivity index (χ2n) is 10.8. The van der Waals surface area contributed by atoms with E-state index >= 15 is 0 Å². The second-order valence-corrected chi connectivity index (χ2v) is 10.8. The highest BCUT2D eigenvalue weighted by Gasteiger charge is 2.51. The van der Waals surface area contributed by atoms with Gasteiger partial charge in [-0.25, -0.2) is 4.39 Å². The predicted molar refractivity (Wildman–Crippen MR) is 154 cm³/mol. The van der Waals surface area contributed by atoms with Gasteiger partial charge in [-0.2, -0.15) is 0 Å². The number of benzene rings is 2. The van der Waals surface area contributed by atoms with Crippen LogP contribution >= 0.6 is 0 Å². The molecule has 0 saturated carbocycles. The fraction of sp³-hybridized carbons (Fsp3) is 0.500. The Kier molecular flexibility index (Phi) is 11.0. The first-order valence-electron chi connectivity index (χ1n) is 14.6. The van der Waals surface area contributed by atoms with Crippen LogP contribution in [0.1, 0.15) is 68.1 Å². The molecule has 2 amide bonds. The van der Waals surface area contributed by atoms with Crippen molar-refractivity contribution in [1.82, 2.24) is 10.2 Å². The van der Waals surface area contributed by atoms with E-state index in [-0.39, 0.29) is 44.2 Å². The number of aliphatic hydroxyl groups excluding tert-OH is 3. The summed E-state index contributed by atoms with van der Waals surface area (Å²) in [6, 6.07) is 8.27. The molecule has 228 valence electrons. The van der Waals surface area contributed by atoms with Crippen molar-refractivity contribution in [2.45, 2.75) is 82.8 Å². The van der Waals surface area contributed by atoms with E-state index in [4.69, 9.17) is 9.47 Å². The Hall–Kier alpha value is -3.47. The number of carbonyl (C=O) groups excluding carboxylic acids is 2. The molecular formula is C32H41FN2O7. The predicted octanol–water partition coefficient (Wildman–Crippen LogP) is 3.34. The zero-order valence-electron chi connectivity index (χ0n) is 24.2. The van der Waals surface area contributed by atoms with Crippen molar-refractivity contribution in [3.63, 3.8) is 0 Å². The lowest BCUT2D eigenvalue weighted by atomic mass is 9.77. The summed E-state index contributed by atoms with van der Waals surface area (Å²) in [5, 5.41) is 33.7. The number of nitrogens with one attached hydrogen (secondary N) is 1. The standard InChI is InChI=1S/C32H41FN2O7/c1-3-4-5-6-7-8-27(38)35(18-20-9-11-22(33)12-10-20)25-17-24(32(40)34-13-14-36)28-23-15-21(19-37)16-26(41-2)30(23)42-31(28)29(25)39/h9-12,15-17,25,28-29,31,36-37,39H,3-8,13-14,18-19H2,1-2H3,(H,34,40). The van der Waals surface area contributed by atoms with Crippen LogP contribution in [0.2, 0.25) is 0 Å². The summed E-state index contributed by atoms with van der Waals surface area (Å²) in [7, 11) is 1.47. The smallest absolute Gasteiger partial charge is 0.247 e. The summed E-state index contributed by atoms with van der Waals surface area (Å²) in [5.41, 5.74) is 2.09. The molecule has 1 aliphatic carbocycles. The summed E-state index contributed by atoms with van der Waals surface area (Å²) >= 11 is 0. The number of aliphatic hydroxyl groups is 3. The van der Waals surface area contributed by atoms with Crippen molar-refractivity contribution in [3.05, 3.63) is 70.6 Å². The SMILES string of the molecule is CCCCCCCC(=O)N(Cc1ccc(F)cc1)C1C=C(C(=O)NCCO)C2c3cc(CO)cc(OC)c3OC2C1O. The third-order valence-electron chi connectivity index (χ3n) is 7.94. The molecule has 0 radical (unpaired) electrons. The molecule has 4 unspecified atom stereocenters. The number of rotatable bonds is 14. The van der Waals surface area contributed by atoms with Crippen LogP contribution in [0, 0.1) is 5.82 Å². The van der Waals surface area contributed by atoms with Crippen LogP contribution < -0.4 is 14.8 Å². The number of nitrogens with zero attached hydrogens (tertiary/aromatic N) is 1. The highest BCUT2D eigenvalue weighted by atomic mass is 19.1. The van der Waals surface area contributed by atoms with E-state index < -0.39 is 35.9 Å². The number of hydrogen-bond acceptors (Lipinski definition) is 7. The van der Waals surface area contributed by atoms with Crippen LogP contribution in [0.4, 0.5) is 4.39 Å². The van der Waals surface area contributed by atoms with Crippen molar-refractivity contribution in [2.75, 3.05) is 20.3 Å². The van der Waals surface area contributed by atoms with Crippen molar-refractivity contribution in [1.29, 1.82) is 0 Å². The monoisotopic (exact) mass is 584 g/mol. The summed E-state index contributed by atoms with van der Waals surface area (Å²) < 4.78 is 25.4. The second kappa shape index (κ2) is 14.6. The molecule has 2 aromatic carbocycles. The molecule has 4 N–H and O–H groups in total. The molecular weight excluding hydrogens is 543 g/mol. The quantitative estimate of drug-likeness (QED) is 0.251. The molecule has 0 aromatic heterocycles. The van der Waals surface area contributed by atoms with Gasteiger partial charge in [0.25, 0.3) is 0 Å². The van der Waals surface area contributed by atoms with Gasteiger partial charge in [0.2, 0.25) is 11.8 Å². The lowest BCUT2D eigenvalue weighted by molar-refractivity contribution is -0.138. The molecule has 4 rings (SSSR count). The fourth-order valence-corrected chi connectivity index (χ4v) is 5.79. The van der Waals surface area contributed by atoms with Gasteiger partial charge in [-0.3, -0.25) is 9.59 Å². The third kappa shape index (κ3) is 6.94. The normalized spacial score (nSPS) is 20.7. The molecule has 1 aliphatic heterocycles. The highest BCUT2D eigenvalue weighted by Crippen LogP contribution is 2.51. The third-order valence-corrected chi connectivity index (χ3v) is 7.94. The van der Waals surface area contributed by atoms with E-state index in [0.29, 0.717) is 34.6 Å². The van der Waals surface area contributed by atoms with Crippen molar-refractivity contribution >= 4 is 11.8 Å². The molecule has 0 saturated heterocycles. The van der Waals surface area contributed by atoms with E-state index in [1.165, 1.54) is 24.1 Å². The van der Waals surface area contributed by atoms with Gasteiger partial charge in [0, 0.05) is 30.6 Å². The van der Waals surface area contributed by atoms with Gasteiger partial charge in [-0.1, -0.05) is 44.7 Å². The van der Waals surface area contributed by atoms with Crippen molar-refractivity contribution < 1.29 is 38.8 Å². The Morgan fingerprint density at radius 2 is 1.81 bits per heavy atom. The number of halogens is 1. The summed E-state index contributed by atoms with van der Waals surface area (Å²) in [6.07, 6.45) is 4.50. The van der Waals surface area contributed by atoms with E-state index in [2.05, 4.69) is 12.2 Å². The Labute approximate surface area is 245 Å². The molecule has 42 heavy (non-hydrogen) atoms. The number of hydrogen-bond donors (Lipinski definition) is 4. The maximum absolute atomic E-state index is 13.7. The van der Waals surface area contributed by atoms with Gasteiger partial charge in [0.1, 0.15) is 18.0 Å². The largest absolute Gasteiger partial charge is 0.493 e. The Morgan fingerprint density at radius 1 is 1.07 bits per heavy atom. The van der Waals surface area contributed by atoms with Gasteiger partial charge in [-0.15, -0.1) is 0 Å². The molecule has 0 spiro atoms. The Morgan fingerprint density at radius 3 is 2.48 bits per heavy atom. The molecule has 2 aliphatic rings. The number of methoxy groups -OCH3 is 1. The maximum Gasteiger partial charge on any atom is 0.247 e. The number of amides is 2. The van der Waals surface area contributed by atoms with Crippen LogP contribution in [0.5, 0.6) is 11.5 Å². The highest BCUT2D eigenvalue weighted by molar-refractivity contribution is 5.96. The van der Waals surface area contributed by atoms with E-state index in [1.807, 2.05) is 0 Å². The zero-order chi connectivity index (χ0) is 30.2. The topological polar surface area (TPSA) is 129 Å². The lowest BCUT2D eigenvalue weighted by Crippen LogP contribution is -2.55. The Balaban J connectivity index is 1.74. The minimum Gasteiger partial charge on any atom is -0.493 e. The van der Waals surface area contributed by atoms with Gasteiger partial charge in [-0.05, 0) is 47.9 Å². The van der Waals surface area contributed by atoms with Gasteiger partial charge in [0.05, 0.1) is 32.3 Å². The fourth-order valence-electron chi connectivity index (χ4n) is 5.79. The average Bonchev–Trinajstić information content (AvgIpc) is 3.39. The number of unbranched alkanes of at least 4 members (excludes halogenated alkanes) is 4. The molecule has 2 aromatic rings. The minimum atomic E-state index is -1.22. The lowest BCUT2D eigenvalue weighted by Gasteiger charge is -2.41. The molecule has 9 nitrogen and oxygen atoms in total. The molecule has 10 heteroatoms. The van der Waals surface area contributed by atoms with Gasteiger partial charge < -0.3 is 35.0 Å². The van der Waals surface area contributed by atoms with Crippen molar-refractivity contribution in [3.8, 4) is 11.5 Å². The van der Waals surface area contributed by atoms with Crippen LogP contribution in [-0.2, 0) is 22.7 Å². The first-order valence-corrected chi connectivity index (χ1v) is 14.6. The minimum absolute atomic E-state index is 0.0183. The summed E-state index contributed by atoms with van der Waals surface area (Å²) in [5.74, 6) is -1.05.